The molecule has 0 spiro atoms. The van der Waals surface area contributed by atoms with Crippen LogP contribution in [0.3, 0.4) is 0 Å². The van der Waals surface area contributed by atoms with Crippen LogP contribution in [0.15, 0.2) is 0 Å². The number of nitrogens with one attached hydrogen (secondary N) is 1. The molecule has 2 rings (SSSR count). The van der Waals surface area contributed by atoms with Gasteiger partial charge in [0, 0.05) is 18.9 Å². The summed E-state index contributed by atoms with van der Waals surface area (Å²) in [5.41, 5.74) is 0. The highest BCUT2D eigenvalue weighted by molar-refractivity contribution is 4.87. The Hall–Kier alpha value is -0.180. The van der Waals surface area contributed by atoms with Gasteiger partial charge in [0.15, 0.2) is 0 Å². The monoisotopic (exact) mass is 217 g/mol. The maximum atomic E-state index is 13.0. The van der Waals surface area contributed by atoms with Gasteiger partial charge >= 0.3 is 0 Å². The molecule has 0 aromatic carbocycles. The first-order valence-corrected chi connectivity index (χ1v) is 6.18. The molecule has 2 atom stereocenters. The van der Waals surface area contributed by atoms with E-state index in [1.165, 1.54) is 12.8 Å². The summed E-state index contributed by atoms with van der Waals surface area (Å²) in [6.07, 6.45) is 4.05. The van der Waals surface area contributed by atoms with Crippen LogP contribution in [0.1, 0.15) is 45.4 Å². The molecule has 1 aliphatic carbocycles. The molecular formula is C12H21F2N. The van der Waals surface area contributed by atoms with Crippen molar-refractivity contribution in [1.29, 1.82) is 0 Å². The van der Waals surface area contributed by atoms with Crippen LogP contribution in [0.4, 0.5) is 8.78 Å². The van der Waals surface area contributed by atoms with Gasteiger partial charge in [-0.2, -0.15) is 0 Å². The quantitative estimate of drug-likeness (QED) is 0.711. The third-order valence-electron chi connectivity index (χ3n) is 4.03. The van der Waals surface area contributed by atoms with E-state index in [4.69, 9.17) is 0 Å². The van der Waals surface area contributed by atoms with Gasteiger partial charge in [-0.3, -0.25) is 0 Å². The molecule has 0 amide bonds. The van der Waals surface area contributed by atoms with Crippen LogP contribution in [0.25, 0.3) is 0 Å². The summed E-state index contributed by atoms with van der Waals surface area (Å²) in [7, 11) is 0. The van der Waals surface area contributed by atoms with Crippen molar-refractivity contribution in [2.45, 2.75) is 57.4 Å². The summed E-state index contributed by atoms with van der Waals surface area (Å²) in [6.45, 7) is 3.32. The Morgan fingerprint density at radius 1 is 1.07 bits per heavy atom. The predicted octanol–water partition coefficient (Wildman–Crippen LogP) is 3.20. The molecule has 1 N–H and O–H groups in total. The van der Waals surface area contributed by atoms with Crippen LogP contribution in [0.2, 0.25) is 0 Å². The lowest BCUT2D eigenvalue weighted by molar-refractivity contribution is -0.0509. The first-order valence-electron chi connectivity index (χ1n) is 6.18. The Kier molecular flexibility index (Phi) is 3.29. The van der Waals surface area contributed by atoms with Gasteiger partial charge < -0.3 is 5.32 Å². The van der Waals surface area contributed by atoms with E-state index in [2.05, 4.69) is 12.2 Å². The number of hydrogen-bond donors (Lipinski definition) is 1. The van der Waals surface area contributed by atoms with Gasteiger partial charge in [-0.1, -0.05) is 6.92 Å². The third kappa shape index (κ3) is 2.90. The largest absolute Gasteiger partial charge is 0.313 e. The molecule has 1 unspecified atom stereocenters. The molecule has 2 aliphatic rings. The van der Waals surface area contributed by atoms with Crippen molar-refractivity contribution < 1.29 is 8.78 Å². The van der Waals surface area contributed by atoms with Crippen LogP contribution < -0.4 is 5.32 Å². The van der Waals surface area contributed by atoms with Crippen molar-refractivity contribution in [2.75, 3.05) is 6.54 Å². The Morgan fingerprint density at radius 3 is 2.27 bits per heavy atom. The van der Waals surface area contributed by atoms with Crippen LogP contribution >= 0.6 is 0 Å². The second-order valence-corrected chi connectivity index (χ2v) is 5.39. The van der Waals surface area contributed by atoms with Crippen molar-refractivity contribution in [3.63, 3.8) is 0 Å². The van der Waals surface area contributed by atoms with Gasteiger partial charge in [0.1, 0.15) is 0 Å². The van der Waals surface area contributed by atoms with Crippen LogP contribution in [0.5, 0.6) is 0 Å². The lowest BCUT2D eigenvalue weighted by Crippen LogP contribution is -2.44. The fourth-order valence-corrected chi connectivity index (χ4v) is 2.89. The summed E-state index contributed by atoms with van der Waals surface area (Å²) in [6, 6.07) is 0.511. The zero-order valence-corrected chi connectivity index (χ0v) is 9.44. The molecule has 1 nitrogen and oxygen atoms in total. The molecular weight excluding hydrogens is 196 g/mol. The minimum atomic E-state index is -2.38. The first kappa shape index (κ1) is 11.3. The third-order valence-corrected chi connectivity index (χ3v) is 4.03. The zero-order chi connectivity index (χ0) is 10.9. The summed E-state index contributed by atoms with van der Waals surface area (Å²) in [4.78, 5) is 0. The molecule has 0 aromatic rings. The van der Waals surface area contributed by atoms with Crippen LogP contribution in [0, 0.1) is 11.8 Å². The van der Waals surface area contributed by atoms with Gasteiger partial charge in [-0.15, -0.1) is 0 Å². The summed E-state index contributed by atoms with van der Waals surface area (Å²) in [5.74, 6) is -1.12. The van der Waals surface area contributed by atoms with E-state index in [1.54, 1.807) is 0 Å². The van der Waals surface area contributed by atoms with E-state index >= 15 is 0 Å². The average molecular weight is 217 g/mol. The lowest BCUT2D eigenvalue weighted by Gasteiger charge is -2.37. The minimum Gasteiger partial charge on any atom is -0.313 e. The number of alkyl halides is 2. The molecule has 1 saturated carbocycles. The molecule has 0 aromatic heterocycles. The van der Waals surface area contributed by atoms with Crippen LogP contribution in [-0.4, -0.2) is 18.5 Å². The Balaban J connectivity index is 1.80. The smallest absolute Gasteiger partial charge is 0.248 e. The van der Waals surface area contributed by atoms with E-state index in [9.17, 15) is 8.78 Å². The average Bonchev–Trinajstić information content (AvgIpc) is 2.20. The molecule has 1 heterocycles. The summed E-state index contributed by atoms with van der Waals surface area (Å²) in [5, 5.41) is 3.52. The van der Waals surface area contributed by atoms with Crippen molar-refractivity contribution in [3.05, 3.63) is 0 Å². The van der Waals surface area contributed by atoms with E-state index in [-0.39, 0.29) is 12.8 Å². The normalized spacial score (nSPS) is 37.8. The van der Waals surface area contributed by atoms with Gasteiger partial charge in [-0.25, -0.2) is 8.78 Å². The number of rotatable bonds is 1. The van der Waals surface area contributed by atoms with Crippen LogP contribution in [-0.2, 0) is 0 Å². The molecule has 88 valence electrons. The van der Waals surface area contributed by atoms with Gasteiger partial charge in [0.05, 0.1) is 0 Å². The first-order chi connectivity index (χ1) is 7.07. The fourth-order valence-electron chi connectivity index (χ4n) is 2.89. The second kappa shape index (κ2) is 4.36. The number of hydrogen-bond acceptors (Lipinski definition) is 1. The number of halogens is 2. The minimum absolute atomic E-state index is 0.103. The standard InChI is InChI=1S/C12H21F2N/c1-9-2-3-11(15-8-9)10-4-6-12(13,14)7-5-10/h9-11,15H,2-8H2,1H3/t9-,11?/m0/s1. The van der Waals surface area contributed by atoms with E-state index in [1.807, 2.05) is 0 Å². The SMILES string of the molecule is C[C@H]1CCC(C2CCC(F)(F)CC2)NC1. The van der Waals surface area contributed by atoms with E-state index in [0.29, 0.717) is 24.8 Å². The molecule has 15 heavy (non-hydrogen) atoms. The number of piperidine rings is 1. The van der Waals surface area contributed by atoms with Gasteiger partial charge in [-0.05, 0) is 44.1 Å². The maximum absolute atomic E-state index is 13.0. The summed E-state index contributed by atoms with van der Waals surface area (Å²) < 4.78 is 26.0. The van der Waals surface area contributed by atoms with E-state index in [0.717, 1.165) is 12.5 Å². The Labute approximate surface area is 90.6 Å². The topological polar surface area (TPSA) is 12.0 Å². The van der Waals surface area contributed by atoms with Crippen molar-refractivity contribution >= 4 is 0 Å². The van der Waals surface area contributed by atoms with Gasteiger partial charge in [0.2, 0.25) is 5.92 Å². The predicted molar refractivity (Wildman–Crippen MR) is 57.1 cm³/mol. The zero-order valence-electron chi connectivity index (χ0n) is 9.44. The van der Waals surface area contributed by atoms with Crippen molar-refractivity contribution in [3.8, 4) is 0 Å². The van der Waals surface area contributed by atoms with Crippen molar-refractivity contribution in [2.24, 2.45) is 11.8 Å². The highest BCUT2D eigenvalue weighted by atomic mass is 19.3. The van der Waals surface area contributed by atoms with Crippen molar-refractivity contribution in [1.82, 2.24) is 5.32 Å². The van der Waals surface area contributed by atoms with Gasteiger partial charge in [0.25, 0.3) is 0 Å². The molecule has 0 bridgehead atoms. The summed E-state index contributed by atoms with van der Waals surface area (Å²) >= 11 is 0. The lowest BCUT2D eigenvalue weighted by atomic mass is 9.78. The Bertz CT molecular complexity index is 200. The molecule has 1 aliphatic heterocycles. The molecule has 3 heteroatoms. The molecule has 2 fully saturated rings. The fraction of sp³-hybridized carbons (Fsp3) is 1.00. The Morgan fingerprint density at radius 2 is 1.73 bits per heavy atom. The maximum Gasteiger partial charge on any atom is 0.248 e. The second-order valence-electron chi connectivity index (χ2n) is 5.39. The molecule has 0 radical (unpaired) electrons. The highest BCUT2D eigenvalue weighted by Crippen LogP contribution is 2.38. The van der Waals surface area contributed by atoms with E-state index < -0.39 is 5.92 Å². The highest BCUT2D eigenvalue weighted by Gasteiger charge is 2.38. The molecule has 1 saturated heterocycles.